The molecule has 0 aromatic carbocycles. The highest BCUT2D eigenvalue weighted by Gasteiger charge is 2.26. The maximum Gasteiger partial charge on any atom is 0.326 e. The highest BCUT2D eigenvalue weighted by molar-refractivity contribution is 5.93. The van der Waals surface area contributed by atoms with Crippen molar-refractivity contribution in [3.8, 4) is 0 Å². The van der Waals surface area contributed by atoms with E-state index in [0.29, 0.717) is 19.4 Å². The summed E-state index contributed by atoms with van der Waals surface area (Å²) in [5.74, 6) is -4.99. The van der Waals surface area contributed by atoms with E-state index in [-0.39, 0.29) is 12.3 Å². The Bertz CT molecular complexity index is 597. The summed E-state index contributed by atoms with van der Waals surface area (Å²) >= 11 is 0. The number of carboxylic acids is 2. The van der Waals surface area contributed by atoms with Crippen LogP contribution in [0.5, 0.6) is 0 Å². The van der Waals surface area contributed by atoms with E-state index in [4.69, 9.17) is 21.7 Å². The molecule has 0 fully saturated rings. The number of hydrogen-bond donors (Lipinski definition) is 7. The van der Waals surface area contributed by atoms with Gasteiger partial charge in [0.2, 0.25) is 17.7 Å². The zero-order valence-electron chi connectivity index (χ0n) is 16.6. The average molecular weight is 417 g/mol. The number of aliphatic carboxylic acids is 2. The topological polar surface area (TPSA) is 214 Å². The first-order valence-electron chi connectivity index (χ1n) is 9.27. The number of nitrogens with one attached hydrogen (secondary N) is 3. The van der Waals surface area contributed by atoms with E-state index < -0.39 is 60.8 Å². The quantitative estimate of drug-likeness (QED) is 0.152. The lowest BCUT2D eigenvalue weighted by molar-refractivity contribution is -0.143. The minimum atomic E-state index is -1.33. The lowest BCUT2D eigenvalue weighted by Crippen LogP contribution is -2.54. The molecule has 0 saturated heterocycles. The van der Waals surface area contributed by atoms with Crippen molar-refractivity contribution in [1.29, 1.82) is 0 Å². The minimum Gasteiger partial charge on any atom is -0.481 e. The molecule has 0 aliphatic carbocycles. The van der Waals surface area contributed by atoms with Gasteiger partial charge in [0.15, 0.2) is 0 Å². The summed E-state index contributed by atoms with van der Waals surface area (Å²) in [5.41, 5.74) is 10.9. The molecule has 0 aromatic heterocycles. The summed E-state index contributed by atoms with van der Waals surface area (Å²) in [6.07, 6.45) is 0.705. The van der Waals surface area contributed by atoms with Crippen LogP contribution in [0, 0.1) is 5.92 Å². The molecule has 0 spiro atoms. The Morgan fingerprint density at radius 3 is 2.07 bits per heavy atom. The second kappa shape index (κ2) is 13.4. The van der Waals surface area contributed by atoms with Crippen LogP contribution in [0.1, 0.15) is 39.5 Å². The molecule has 0 bridgehead atoms. The number of unbranched alkanes of at least 4 members (excludes halogenated alkanes) is 1. The van der Waals surface area contributed by atoms with E-state index in [1.807, 2.05) is 0 Å². The van der Waals surface area contributed by atoms with E-state index in [2.05, 4.69) is 16.0 Å². The van der Waals surface area contributed by atoms with Gasteiger partial charge >= 0.3 is 11.9 Å². The first-order chi connectivity index (χ1) is 13.5. The Morgan fingerprint density at radius 1 is 0.966 bits per heavy atom. The van der Waals surface area contributed by atoms with Gasteiger partial charge in [-0.1, -0.05) is 13.8 Å². The van der Waals surface area contributed by atoms with Crippen molar-refractivity contribution >= 4 is 29.7 Å². The lowest BCUT2D eigenvalue weighted by Gasteiger charge is -2.21. The normalized spacial score (nSPS) is 13.8. The first kappa shape index (κ1) is 26.3. The number of amides is 3. The Balaban J connectivity index is 4.86. The van der Waals surface area contributed by atoms with Crippen LogP contribution in [-0.4, -0.2) is 71.1 Å². The number of carbonyl (C=O) groups excluding carboxylic acids is 3. The van der Waals surface area contributed by atoms with Crippen molar-refractivity contribution in [2.24, 2.45) is 17.4 Å². The number of nitrogens with two attached hydrogens (primary N) is 2. The molecule has 0 saturated carbocycles. The second-order valence-corrected chi connectivity index (χ2v) is 6.90. The van der Waals surface area contributed by atoms with Crippen LogP contribution in [0.4, 0.5) is 0 Å². The van der Waals surface area contributed by atoms with Crippen LogP contribution in [0.2, 0.25) is 0 Å². The highest BCUT2D eigenvalue weighted by Crippen LogP contribution is 2.03. The Morgan fingerprint density at radius 2 is 1.59 bits per heavy atom. The number of carbonyl (C=O) groups is 5. The van der Waals surface area contributed by atoms with Crippen molar-refractivity contribution < 1.29 is 34.2 Å². The van der Waals surface area contributed by atoms with Crippen LogP contribution in [0.25, 0.3) is 0 Å². The van der Waals surface area contributed by atoms with Crippen molar-refractivity contribution in [1.82, 2.24) is 16.0 Å². The Hall–Kier alpha value is -2.73. The molecule has 9 N–H and O–H groups in total. The van der Waals surface area contributed by atoms with Crippen LogP contribution < -0.4 is 27.4 Å². The van der Waals surface area contributed by atoms with Gasteiger partial charge in [-0.05, 0) is 31.7 Å². The monoisotopic (exact) mass is 417 g/mol. The molecule has 0 aliphatic rings. The molecule has 29 heavy (non-hydrogen) atoms. The highest BCUT2D eigenvalue weighted by atomic mass is 16.4. The van der Waals surface area contributed by atoms with E-state index in [0.717, 1.165) is 0 Å². The van der Waals surface area contributed by atoms with E-state index in [1.54, 1.807) is 13.8 Å². The molecule has 3 amide bonds. The van der Waals surface area contributed by atoms with Crippen molar-refractivity contribution in [2.75, 3.05) is 13.1 Å². The fraction of sp³-hybridized carbons (Fsp3) is 0.706. The van der Waals surface area contributed by atoms with E-state index >= 15 is 0 Å². The standard InChI is InChI=1S/C17H31N5O7/c1-9(2)14(17(28)29)22-12(23)8-20-16(27)11(5-3-4-6-18)21-15(26)10(19)7-13(24)25/h9-11,14H,3-8,18-19H2,1-2H3,(H,20,27)(H,21,26)(H,22,23)(H,24,25)(H,28,29). The summed E-state index contributed by atoms with van der Waals surface area (Å²) in [5, 5.41) is 24.8. The molecule has 0 rings (SSSR count). The van der Waals surface area contributed by atoms with Crippen LogP contribution in [0.3, 0.4) is 0 Å². The number of rotatable bonds is 14. The fourth-order valence-electron chi connectivity index (χ4n) is 2.35. The Kier molecular flexibility index (Phi) is 12.2. The fourth-order valence-corrected chi connectivity index (χ4v) is 2.35. The maximum absolute atomic E-state index is 12.4. The van der Waals surface area contributed by atoms with Gasteiger partial charge in [-0.15, -0.1) is 0 Å². The molecule has 3 unspecified atom stereocenters. The first-order valence-corrected chi connectivity index (χ1v) is 9.27. The maximum atomic E-state index is 12.4. The molecular weight excluding hydrogens is 386 g/mol. The summed E-state index contributed by atoms with van der Waals surface area (Å²) in [4.78, 5) is 58.1. The zero-order chi connectivity index (χ0) is 22.6. The predicted molar refractivity (Wildman–Crippen MR) is 102 cm³/mol. The van der Waals surface area contributed by atoms with Gasteiger partial charge in [0, 0.05) is 0 Å². The molecular formula is C17H31N5O7. The van der Waals surface area contributed by atoms with Gasteiger partial charge in [0.25, 0.3) is 0 Å². The third kappa shape index (κ3) is 11.0. The summed E-state index contributed by atoms with van der Waals surface area (Å²) in [6, 6.07) is -3.47. The lowest BCUT2D eigenvalue weighted by atomic mass is 10.0. The summed E-state index contributed by atoms with van der Waals surface area (Å²) in [7, 11) is 0. The zero-order valence-corrected chi connectivity index (χ0v) is 16.6. The number of carboxylic acid groups (broad SMARTS) is 2. The molecule has 0 aliphatic heterocycles. The van der Waals surface area contributed by atoms with E-state index in [9.17, 15) is 24.0 Å². The number of hydrogen-bond acceptors (Lipinski definition) is 7. The van der Waals surface area contributed by atoms with Crippen LogP contribution in [0.15, 0.2) is 0 Å². The van der Waals surface area contributed by atoms with E-state index in [1.165, 1.54) is 0 Å². The molecule has 0 radical (unpaired) electrons. The largest absolute Gasteiger partial charge is 0.481 e. The third-order valence-electron chi connectivity index (χ3n) is 3.98. The molecule has 166 valence electrons. The third-order valence-corrected chi connectivity index (χ3v) is 3.98. The molecule has 3 atom stereocenters. The van der Waals surface area contributed by atoms with Gasteiger partial charge in [-0.25, -0.2) is 4.79 Å². The van der Waals surface area contributed by atoms with Crippen LogP contribution >= 0.6 is 0 Å². The SMILES string of the molecule is CC(C)C(NC(=O)CNC(=O)C(CCCCN)NC(=O)C(N)CC(=O)O)C(=O)O. The summed E-state index contributed by atoms with van der Waals surface area (Å²) < 4.78 is 0. The van der Waals surface area contributed by atoms with Crippen molar-refractivity contribution in [3.63, 3.8) is 0 Å². The summed E-state index contributed by atoms with van der Waals surface area (Å²) in [6.45, 7) is 3.15. The van der Waals surface area contributed by atoms with Crippen LogP contribution in [-0.2, 0) is 24.0 Å². The second-order valence-electron chi connectivity index (χ2n) is 6.90. The van der Waals surface area contributed by atoms with Gasteiger partial charge in [-0.2, -0.15) is 0 Å². The van der Waals surface area contributed by atoms with Gasteiger partial charge in [-0.3, -0.25) is 19.2 Å². The van der Waals surface area contributed by atoms with Crippen molar-refractivity contribution in [2.45, 2.75) is 57.7 Å². The minimum absolute atomic E-state index is 0.208. The van der Waals surface area contributed by atoms with Gasteiger partial charge in [0.1, 0.15) is 12.1 Å². The molecule has 12 nitrogen and oxygen atoms in total. The molecule has 12 heteroatoms. The van der Waals surface area contributed by atoms with Crippen molar-refractivity contribution in [3.05, 3.63) is 0 Å². The van der Waals surface area contributed by atoms with Gasteiger partial charge in [0.05, 0.1) is 19.0 Å². The predicted octanol–water partition coefficient (Wildman–Crippen LogP) is -2.26. The Labute approximate surface area is 168 Å². The average Bonchev–Trinajstić information content (AvgIpc) is 2.62. The smallest absolute Gasteiger partial charge is 0.326 e. The van der Waals surface area contributed by atoms with Gasteiger partial charge < -0.3 is 37.6 Å². The molecule has 0 heterocycles. The molecule has 0 aromatic rings.